The van der Waals surface area contributed by atoms with Crippen molar-refractivity contribution in [3.63, 3.8) is 0 Å². The highest BCUT2D eigenvalue weighted by atomic mass is 16.2. The predicted octanol–water partition coefficient (Wildman–Crippen LogP) is 3.04. The Bertz CT molecular complexity index is 910. The Morgan fingerprint density at radius 2 is 1.76 bits per heavy atom. The molecule has 0 aliphatic heterocycles. The maximum atomic E-state index is 12.1. The van der Waals surface area contributed by atoms with Crippen LogP contribution in [0, 0.1) is 13.8 Å². The fraction of sp³-hybridized carbons (Fsp3) is 0.250. The maximum Gasteiger partial charge on any atom is 0.292 e. The predicted molar refractivity (Wildman–Crippen MR) is 97.6 cm³/mol. The Balaban J connectivity index is 1.54. The molecule has 1 N–H and O–H groups in total. The number of aryl methyl sites for hydroxylation is 3. The largest absolute Gasteiger partial charge is 0.349 e. The van der Waals surface area contributed by atoms with Gasteiger partial charge in [-0.15, -0.1) is 0 Å². The smallest absolute Gasteiger partial charge is 0.292 e. The fourth-order valence-electron chi connectivity index (χ4n) is 2.83. The van der Waals surface area contributed by atoms with E-state index in [0.717, 1.165) is 35.4 Å². The first-order valence-corrected chi connectivity index (χ1v) is 8.37. The van der Waals surface area contributed by atoms with Crippen LogP contribution < -0.4 is 5.32 Å². The van der Waals surface area contributed by atoms with Crippen molar-refractivity contribution in [1.29, 1.82) is 0 Å². The Hall–Kier alpha value is -2.95. The zero-order valence-corrected chi connectivity index (χ0v) is 14.5. The van der Waals surface area contributed by atoms with Gasteiger partial charge in [-0.1, -0.05) is 42.0 Å². The number of Topliss-reactive ketones (excluding diaryl/α,β-unsaturated/α-hetero) is 1. The Labute approximate surface area is 146 Å². The van der Waals surface area contributed by atoms with Crippen molar-refractivity contribution in [2.75, 3.05) is 6.54 Å². The lowest BCUT2D eigenvalue weighted by molar-refractivity contribution is -0.117. The van der Waals surface area contributed by atoms with Crippen LogP contribution in [0.3, 0.4) is 0 Å². The zero-order chi connectivity index (χ0) is 17.8. The molecular formula is C20H21N3O2. The number of hydrogen-bond acceptors (Lipinski definition) is 3. The van der Waals surface area contributed by atoms with Gasteiger partial charge in [-0.2, -0.15) is 0 Å². The quantitative estimate of drug-likeness (QED) is 0.428. The first-order chi connectivity index (χ1) is 12.1. The van der Waals surface area contributed by atoms with E-state index in [0.29, 0.717) is 12.1 Å². The molecule has 0 radical (unpaired) electrons. The van der Waals surface area contributed by atoms with Crippen LogP contribution in [0.2, 0.25) is 0 Å². The van der Waals surface area contributed by atoms with Crippen LogP contribution >= 0.6 is 0 Å². The Morgan fingerprint density at radius 1 is 1.04 bits per heavy atom. The van der Waals surface area contributed by atoms with E-state index in [1.54, 1.807) is 12.1 Å². The summed E-state index contributed by atoms with van der Waals surface area (Å²) in [5.41, 5.74) is 3.53. The van der Waals surface area contributed by atoms with E-state index >= 15 is 0 Å². The summed E-state index contributed by atoms with van der Waals surface area (Å²) in [5.74, 6) is -0.108. The third kappa shape index (κ3) is 3.76. The number of carbonyl (C=O) groups excluding carboxylic acids is 2. The Kier molecular flexibility index (Phi) is 4.93. The molecule has 3 aromatic rings. The topological polar surface area (TPSA) is 64.0 Å². The van der Waals surface area contributed by atoms with E-state index in [1.165, 1.54) is 0 Å². The molecule has 1 aromatic heterocycles. The van der Waals surface area contributed by atoms with Gasteiger partial charge in [0.2, 0.25) is 5.78 Å². The zero-order valence-electron chi connectivity index (χ0n) is 14.5. The highest BCUT2D eigenvalue weighted by Gasteiger charge is 2.15. The number of amides is 1. The summed E-state index contributed by atoms with van der Waals surface area (Å²) in [6, 6.07) is 15.0. The van der Waals surface area contributed by atoms with Crippen LogP contribution in [0.4, 0.5) is 0 Å². The first-order valence-electron chi connectivity index (χ1n) is 8.37. The summed E-state index contributed by atoms with van der Waals surface area (Å²) in [5, 5.41) is 2.70. The number of fused-ring (bicyclic) bond motifs is 1. The molecule has 5 heteroatoms. The van der Waals surface area contributed by atoms with E-state index in [-0.39, 0.29) is 0 Å². The second-order valence-electron chi connectivity index (χ2n) is 6.10. The minimum Gasteiger partial charge on any atom is -0.349 e. The molecule has 0 fully saturated rings. The molecule has 1 amide bonds. The molecule has 0 unspecified atom stereocenters. The van der Waals surface area contributed by atoms with Crippen LogP contribution in [-0.4, -0.2) is 27.8 Å². The molecule has 5 nitrogen and oxygen atoms in total. The number of imidazole rings is 1. The minimum atomic E-state index is -0.559. The first kappa shape index (κ1) is 16.9. The number of nitrogens with zero attached hydrogens (tertiary/aromatic N) is 2. The number of carbonyl (C=O) groups is 2. The van der Waals surface area contributed by atoms with Crippen molar-refractivity contribution in [2.24, 2.45) is 0 Å². The minimum absolute atomic E-state index is 0.416. The molecule has 2 aromatic carbocycles. The number of hydrogen-bond donors (Lipinski definition) is 1. The molecule has 0 spiro atoms. The Morgan fingerprint density at radius 3 is 2.52 bits per heavy atom. The average molecular weight is 335 g/mol. The summed E-state index contributed by atoms with van der Waals surface area (Å²) in [7, 11) is 0. The molecule has 1 heterocycles. The normalized spacial score (nSPS) is 10.8. The van der Waals surface area contributed by atoms with Crippen LogP contribution in [0.15, 0.2) is 48.5 Å². The van der Waals surface area contributed by atoms with Crippen LogP contribution in [0.1, 0.15) is 28.2 Å². The van der Waals surface area contributed by atoms with Gasteiger partial charge >= 0.3 is 0 Å². The lowest BCUT2D eigenvalue weighted by atomic mass is 10.1. The highest BCUT2D eigenvalue weighted by Crippen LogP contribution is 2.15. The van der Waals surface area contributed by atoms with Crippen LogP contribution in [-0.2, 0) is 11.3 Å². The van der Waals surface area contributed by atoms with Crippen molar-refractivity contribution in [1.82, 2.24) is 14.9 Å². The van der Waals surface area contributed by atoms with Crippen molar-refractivity contribution in [2.45, 2.75) is 26.8 Å². The summed E-state index contributed by atoms with van der Waals surface area (Å²) >= 11 is 0. The molecule has 0 aliphatic rings. The summed E-state index contributed by atoms with van der Waals surface area (Å²) in [6.07, 6.45) is 0.730. The molecule has 0 bridgehead atoms. The molecule has 25 heavy (non-hydrogen) atoms. The lowest BCUT2D eigenvalue weighted by Crippen LogP contribution is -2.32. The second-order valence-corrected chi connectivity index (χ2v) is 6.10. The van der Waals surface area contributed by atoms with Crippen LogP contribution in [0.25, 0.3) is 11.0 Å². The number of nitrogens with one attached hydrogen (secondary N) is 1. The molecule has 0 aliphatic carbocycles. The second kappa shape index (κ2) is 7.30. The highest BCUT2D eigenvalue weighted by molar-refractivity contribution is 6.42. The number of rotatable bonds is 6. The third-order valence-electron chi connectivity index (χ3n) is 4.21. The van der Waals surface area contributed by atoms with Gasteiger partial charge in [0.25, 0.3) is 5.91 Å². The molecule has 0 atom stereocenters. The van der Waals surface area contributed by atoms with Gasteiger partial charge in [-0.3, -0.25) is 9.59 Å². The van der Waals surface area contributed by atoms with Gasteiger partial charge < -0.3 is 9.88 Å². The van der Waals surface area contributed by atoms with Gasteiger partial charge in [0.05, 0.1) is 11.0 Å². The summed E-state index contributed by atoms with van der Waals surface area (Å²) in [4.78, 5) is 28.6. The number of aromatic nitrogens is 2. The maximum absolute atomic E-state index is 12.1. The van der Waals surface area contributed by atoms with Gasteiger partial charge in [-0.25, -0.2) is 4.98 Å². The molecule has 0 saturated heterocycles. The van der Waals surface area contributed by atoms with Crippen LogP contribution in [0.5, 0.6) is 0 Å². The third-order valence-corrected chi connectivity index (χ3v) is 4.21. The monoisotopic (exact) mass is 335 g/mol. The molecule has 0 saturated carbocycles. The van der Waals surface area contributed by atoms with Crippen molar-refractivity contribution in [3.8, 4) is 0 Å². The standard InChI is InChI=1S/C20H21N3O2/c1-14-8-10-16(11-9-14)19(24)20(25)21-12-5-13-23-15(2)22-17-6-3-4-7-18(17)23/h3-4,6-11H,5,12-13H2,1-2H3,(H,21,25). The number of ketones is 1. The van der Waals surface area contributed by atoms with E-state index in [1.807, 2.05) is 50.2 Å². The number of benzene rings is 2. The van der Waals surface area contributed by atoms with Crippen molar-refractivity contribution >= 4 is 22.7 Å². The van der Waals surface area contributed by atoms with Gasteiger partial charge in [-0.05, 0) is 32.4 Å². The van der Waals surface area contributed by atoms with Gasteiger partial charge in [0, 0.05) is 18.7 Å². The van der Waals surface area contributed by atoms with E-state index in [2.05, 4.69) is 14.9 Å². The van der Waals surface area contributed by atoms with Gasteiger partial charge in [0.15, 0.2) is 0 Å². The van der Waals surface area contributed by atoms with Crippen molar-refractivity contribution in [3.05, 3.63) is 65.5 Å². The fourth-order valence-corrected chi connectivity index (χ4v) is 2.83. The molecular weight excluding hydrogens is 314 g/mol. The summed E-state index contributed by atoms with van der Waals surface area (Å²) in [6.45, 7) is 5.10. The number of para-hydroxylation sites is 2. The van der Waals surface area contributed by atoms with Crippen molar-refractivity contribution < 1.29 is 9.59 Å². The average Bonchev–Trinajstić information content (AvgIpc) is 2.94. The van der Waals surface area contributed by atoms with E-state index < -0.39 is 11.7 Å². The van der Waals surface area contributed by atoms with E-state index in [9.17, 15) is 9.59 Å². The van der Waals surface area contributed by atoms with Gasteiger partial charge in [0.1, 0.15) is 5.82 Å². The summed E-state index contributed by atoms with van der Waals surface area (Å²) < 4.78 is 2.13. The van der Waals surface area contributed by atoms with E-state index in [4.69, 9.17) is 0 Å². The molecule has 128 valence electrons. The lowest BCUT2D eigenvalue weighted by Gasteiger charge is -2.08. The SMILES string of the molecule is Cc1ccc(C(=O)C(=O)NCCCn2c(C)nc3ccccc32)cc1. The molecule has 3 rings (SSSR count).